The molecule has 1 fully saturated rings. The molecular formula is C16H20O2. The molecule has 2 heteroatoms. The fourth-order valence-corrected chi connectivity index (χ4v) is 3.56. The number of hydrogen-bond donors (Lipinski definition) is 0. The van der Waals surface area contributed by atoms with Crippen LogP contribution in [-0.4, -0.2) is 13.7 Å². The van der Waals surface area contributed by atoms with Gasteiger partial charge in [-0.1, -0.05) is 12.7 Å². The Balaban J connectivity index is 2.08. The second kappa shape index (κ2) is 4.68. The van der Waals surface area contributed by atoms with Crippen LogP contribution in [-0.2, 0) is 0 Å². The molecule has 1 aromatic rings. The van der Waals surface area contributed by atoms with Gasteiger partial charge in [0.25, 0.3) is 0 Å². The van der Waals surface area contributed by atoms with Crippen LogP contribution in [0.2, 0.25) is 0 Å². The van der Waals surface area contributed by atoms with E-state index in [4.69, 9.17) is 9.47 Å². The van der Waals surface area contributed by atoms with Gasteiger partial charge in [0.05, 0.1) is 7.11 Å². The number of benzene rings is 1. The zero-order chi connectivity index (χ0) is 12.5. The zero-order valence-electron chi connectivity index (χ0n) is 10.9. The van der Waals surface area contributed by atoms with Crippen molar-refractivity contribution in [3.8, 4) is 11.5 Å². The van der Waals surface area contributed by atoms with Crippen molar-refractivity contribution < 1.29 is 9.47 Å². The Morgan fingerprint density at radius 3 is 2.22 bits per heavy atom. The first kappa shape index (κ1) is 11.6. The average molecular weight is 244 g/mol. The molecule has 0 saturated heterocycles. The molecule has 0 radical (unpaired) electrons. The Labute approximate surface area is 109 Å². The number of rotatable bonds is 4. The molecular weight excluding hydrogens is 224 g/mol. The maximum Gasteiger partial charge on any atom is 0.123 e. The van der Waals surface area contributed by atoms with Crippen LogP contribution >= 0.6 is 0 Å². The first-order valence-electron chi connectivity index (χ1n) is 6.79. The fraction of sp³-hybridized carbons (Fsp3) is 0.500. The van der Waals surface area contributed by atoms with Crippen LogP contribution in [0, 0.1) is 0 Å². The highest BCUT2D eigenvalue weighted by atomic mass is 16.5. The van der Waals surface area contributed by atoms with Crippen LogP contribution < -0.4 is 9.47 Å². The molecule has 3 aliphatic rings. The van der Waals surface area contributed by atoms with Crippen LogP contribution in [0.1, 0.15) is 48.6 Å². The van der Waals surface area contributed by atoms with E-state index in [1.807, 2.05) is 0 Å². The van der Waals surface area contributed by atoms with Crippen molar-refractivity contribution in [2.24, 2.45) is 0 Å². The summed E-state index contributed by atoms with van der Waals surface area (Å²) in [6.45, 7) is 4.30. The fourth-order valence-electron chi connectivity index (χ4n) is 3.56. The van der Waals surface area contributed by atoms with Gasteiger partial charge in [-0.15, -0.1) is 0 Å². The van der Waals surface area contributed by atoms with E-state index in [0.717, 1.165) is 11.5 Å². The minimum Gasteiger partial charge on any atom is -0.496 e. The van der Waals surface area contributed by atoms with Crippen molar-refractivity contribution in [2.45, 2.75) is 37.5 Å². The predicted octanol–water partition coefficient (Wildman–Crippen LogP) is 4.01. The molecule has 0 heterocycles. The normalized spacial score (nSPS) is 24.5. The van der Waals surface area contributed by atoms with E-state index >= 15 is 0 Å². The van der Waals surface area contributed by atoms with Gasteiger partial charge in [0.2, 0.25) is 0 Å². The maximum atomic E-state index is 5.83. The quantitative estimate of drug-likeness (QED) is 0.745. The third-order valence-electron chi connectivity index (χ3n) is 4.33. The molecule has 18 heavy (non-hydrogen) atoms. The van der Waals surface area contributed by atoms with Gasteiger partial charge in [0, 0.05) is 11.1 Å². The van der Waals surface area contributed by atoms with Crippen LogP contribution in [0.15, 0.2) is 24.8 Å². The monoisotopic (exact) mass is 244 g/mol. The van der Waals surface area contributed by atoms with Crippen molar-refractivity contribution in [2.75, 3.05) is 13.7 Å². The largest absolute Gasteiger partial charge is 0.496 e. The van der Waals surface area contributed by atoms with Crippen molar-refractivity contribution in [1.29, 1.82) is 0 Å². The summed E-state index contributed by atoms with van der Waals surface area (Å²) < 4.78 is 11.4. The maximum absolute atomic E-state index is 5.83. The number of hydrogen-bond acceptors (Lipinski definition) is 2. The SMILES string of the molecule is C=CCOc1ccc(OC)c2c1C1CCC2CC1. The molecule has 1 saturated carbocycles. The lowest BCUT2D eigenvalue weighted by atomic mass is 9.66. The van der Waals surface area contributed by atoms with Crippen LogP contribution in [0.4, 0.5) is 0 Å². The molecule has 2 nitrogen and oxygen atoms in total. The number of methoxy groups -OCH3 is 1. The Kier molecular flexibility index (Phi) is 3.02. The van der Waals surface area contributed by atoms with Crippen molar-refractivity contribution in [3.05, 3.63) is 35.9 Å². The summed E-state index contributed by atoms with van der Waals surface area (Å²) in [6.07, 6.45) is 7.01. The summed E-state index contributed by atoms with van der Waals surface area (Å²) in [5.74, 6) is 3.43. The molecule has 0 unspecified atom stereocenters. The Morgan fingerprint density at radius 1 is 1.11 bits per heavy atom. The average Bonchev–Trinajstić information content (AvgIpc) is 2.45. The molecule has 1 aromatic carbocycles. The molecule has 0 aliphatic heterocycles. The standard InChI is InChI=1S/C16H20O2/c1-3-10-18-14-9-8-13(17-2)15-11-4-6-12(7-5-11)16(14)15/h3,8-9,11-12H,1,4-7,10H2,2H3. The molecule has 4 rings (SSSR count). The van der Waals surface area contributed by atoms with E-state index in [1.165, 1.54) is 36.8 Å². The molecule has 0 spiro atoms. The summed E-state index contributed by atoms with van der Waals surface area (Å²) in [5, 5.41) is 0. The van der Waals surface area contributed by atoms with E-state index in [-0.39, 0.29) is 0 Å². The molecule has 2 bridgehead atoms. The van der Waals surface area contributed by atoms with Crippen LogP contribution in [0.5, 0.6) is 11.5 Å². The van der Waals surface area contributed by atoms with Crippen LogP contribution in [0.25, 0.3) is 0 Å². The highest BCUT2D eigenvalue weighted by molar-refractivity contribution is 5.55. The van der Waals surface area contributed by atoms with Gasteiger partial charge in [0.1, 0.15) is 18.1 Å². The summed E-state index contributed by atoms with van der Waals surface area (Å²) in [7, 11) is 1.77. The minimum atomic E-state index is 0.580. The second-order valence-corrected chi connectivity index (χ2v) is 5.24. The van der Waals surface area contributed by atoms with Gasteiger partial charge in [-0.2, -0.15) is 0 Å². The van der Waals surface area contributed by atoms with E-state index in [1.54, 1.807) is 13.2 Å². The second-order valence-electron chi connectivity index (χ2n) is 5.24. The smallest absolute Gasteiger partial charge is 0.123 e. The van der Waals surface area contributed by atoms with E-state index < -0.39 is 0 Å². The van der Waals surface area contributed by atoms with E-state index in [9.17, 15) is 0 Å². The molecule has 3 aliphatic carbocycles. The number of ether oxygens (including phenoxy) is 2. The molecule has 0 N–H and O–H groups in total. The molecule has 96 valence electrons. The minimum absolute atomic E-state index is 0.580. The Morgan fingerprint density at radius 2 is 1.67 bits per heavy atom. The molecule has 0 amide bonds. The van der Waals surface area contributed by atoms with Gasteiger partial charge in [-0.05, 0) is 49.7 Å². The summed E-state index contributed by atoms with van der Waals surface area (Å²) in [5.41, 5.74) is 2.83. The van der Waals surface area contributed by atoms with Gasteiger partial charge < -0.3 is 9.47 Å². The highest BCUT2D eigenvalue weighted by Crippen LogP contribution is 2.55. The lowest BCUT2D eigenvalue weighted by Gasteiger charge is -2.39. The molecule has 0 atom stereocenters. The third-order valence-corrected chi connectivity index (χ3v) is 4.33. The zero-order valence-corrected chi connectivity index (χ0v) is 10.9. The Bertz CT molecular complexity index is 456. The summed E-state index contributed by atoms with van der Waals surface area (Å²) in [6, 6.07) is 4.11. The Hall–Kier alpha value is -1.44. The third kappa shape index (κ3) is 1.71. The topological polar surface area (TPSA) is 18.5 Å². The van der Waals surface area contributed by atoms with Crippen LogP contribution in [0.3, 0.4) is 0 Å². The van der Waals surface area contributed by atoms with Gasteiger partial charge in [0.15, 0.2) is 0 Å². The van der Waals surface area contributed by atoms with Gasteiger partial charge in [-0.3, -0.25) is 0 Å². The van der Waals surface area contributed by atoms with E-state index in [2.05, 4.69) is 18.7 Å². The first-order chi connectivity index (χ1) is 8.85. The number of fused-ring (bicyclic) bond motifs is 2. The van der Waals surface area contributed by atoms with Gasteiger partial charge >= 0.3 is 0 Å². The first-order valence-corrected chi connectivity index (χ1v) is 6.79. The van der Waals surface area contributed by atoms with Gasteiger partial charge in [-0.25, -0.2) is 0 Å². The molecule has 0 aromatic heterocycles. The lowest BCUT2D eigenvalue weighted by Crippen LogP contribution is -2.23. The van der Waals surface area contributed by atoms with Crippen molar-refractivity contribution >= 4 is 0 Å². The predicted molar refractivity (Wildman–Crippen MR) is 72.6 cm³/mol. The summed E-state index contributed by atoms with van der Waals surface area (Å²) >= 11 is 0. The van der Waals surface area contributed by atoms with E-state index in [0.29, 0.717) is 18.4 Å². The van der Waals surface area contributed by atoms with Crippen molar-refractivity contribution in [1.82, 2.24) is 0 Å². The lowest BCUT2D eigenvalue weighted by molar-refractivity contribution is 0.307. The highest BCUT2D eigenvalue weighted by Gasteiger charge is 2.37. The summed E-state index contributed by atoms with van der Waals surface area (Å²) in [4.78, 5) is 0. The van der Waals surface area contributed by atoms with Crippen molar-refractivity contribution in [3.63, 3.8) is 0 Å².